The van der Waals surface area contributed by atoms with Gasteiger partial charge in [-0.3, -0.25) is 18.8 Å². The van der Waals surface area contributed by atoms with E-state index in [1.807, 2.05) is 22.6 Å². The van der Waals surface area contributed by atoms with Gasteiger partial charge < -0.3 is 10.0 Å². The second kappa shape index (κ2) is 9.37. The summed E-state index contributed by atoms with van der Waals surface area (Å²) in [6.07, 6.45) is 3.66. The van der Waals surface area contributed by atoms with E-state index >= 15 is 0 Å². The topological polar surface area (TPSA) is 136 Å². The number of carbonyl (C=O) groups excluding carboxylic acids is 1. The minimum Gasteiger partial charge on any atom is -0.477 e. The Bertz CT molecular complexity index is 1690. The lowest BCUT2D eigenvalue weighted by atomic mass is 9.92. The lowest BCUT2D eigenvalue weighted by Crippen LogP contribution is -2.51. The zero-order valence-corrected chi connectivity index (χ0v) is 23.0. The normalized spacial score (nSPS) is 15.8. The van der Waals surface area contributed by atoms with Crippen molar-refractivity contribution < 1.29 is 14.7 Å². The third-order valence-electron chi connectivity index (χ3n) is 7.43. The SMILES string of the molecule is Cc1cc(N2CC(C(=O)Cc3cc(C)n(C(C)C)n3)C2)nc2c1c(=O)c(C(=O)O)cn2-c1nc(C2CC2)ns1. The van der Waals surface area contributed by atoms with E-state index in [9.17, 15) is 19.5 Å². The number of aryl methyl sites for hydroxylation is 2. The van der Waals surface area contributed by atoms with Crippen LogP contribution in [0.4, 0.5) is 5.82 Å². The van der Waals surface area contributed by atoms with E-state index in [1.54, 1.807) is 17.6 Å². The molecule has 1 aliphatic carbocycles. The predicted octanol–water partition coefficient (Wildman–Crippen LogP) is 3.46. The molecule has 1 aliphatic heterocycles. The van der Waals surface area contributed by atoms with Crippen molar-refractivity contribution in [2.24, 2.45) is 5.92 Å². The molecule has 0 atom stereocenters. The van der Waals surface area contributed by atoms with Crippen LogP contribution < -0.4 is 10.3 Å². The number of nitrogens with zero attached hydrogens (tertiary/aromatic N) is 7. The molecule has 39 heavy (non-hydrogen) atoms. The van der Waals surface area contributed by atoms with Gasteiger partial charge in [-0.25, -0.2) is 14.8 Å². The Balaban J connectivity index is 1.29. The second-order valence-corrected chi connectivity index (χ2v) is 11.5. The summed E-state index contributed by atoms with van der Waals surface area (Å²) in [5.74, 6) is 0.415. The molecule has 1 saturated carbocycles. The maximum Gasteiger partial charge on any atom is 0.341 e. The van der Waals surface area contributed by atoms with Crippen molar-refractivity contribution in [2.75, 3.05) is 18.0 Å². The van der Waals surface area contributed by atoms with Crippen molar-refractivity contribution in [3.63, 3.8) is 0 Å². The molecule has 0 amide bonds. The standard InChI is InChI=1S/C27H29N7O4S/c1-13(2)34-15(4)8-18(30-34)9-20(35)17-10-32(11-17)21-7-14(3)22-23(36)19(26(37)38)12-33(25(22)28-21)27-29-24(31-39-27)16-5-6-16/h7-8,12-13,16-17H,5-6,9-11H2,1-4H3,(H,37,38). The third kappa shape index (κ3) is 4.52. The summed E-state index contributed by atoms with van der Waals surface area (Å²) < 4.78 is 7.94. The van der Waals surface area contributed by atoms with Crippen molar-refractivity contribution in [1.82, 2.24) is 28.7 Å². The third-order valence-corrected chi connectivity index (χ3v) is 8.16. The molecular weight excluding hydrogens is 518 g/mol. The first kappa shape index (κ1) is 25.4. The van der Waals surface area contributed by atoms with Crippen LogP contribution in [0, 0.1) is 19.8 Å². The zero-order chi connectivity index (χ0) is 27.6. The van der Waals surface area contributed by atoms with Gasteiger partial charge >= 0.3 is 5.97 Å². The van der Waals surface area contributed by atoms with Crippen molar-refractivity contribution in [1.29, 1.82) is 0 Å². The molecule has 11 nitrogen and oxygen atoms in total. The molecule has 2 fully saturated rings. The summed E-state index contributed by atoms with van der Waals surface area (Å²) >= 11 is 1.16. The maximum absolute atomic E-state index is 13.1. The number of rotatable bonds is 8. The number of pyridine rings is 2. The van der Waals surface area contributed by atoms with Crippen LogP contribution in [0.15, 0.2) is 23.1 Å². The monoisotopic (exact) mass is 547 g/mol. The van der Waals surface area contributed by atoms with Crippen LogP contribution in [-0.2, 0) is 11.2 Å². The van der Waals surface area contributed by atoms with Gasteiger partial charge in [-0.05, 0) is 58.2 Å². The van der Waals surface area contributed by atoms with Crippen LogP contribution in [0.3, 0.4) is 0 Å². The van der Waals surface area contributed by atoms with Gasteiger partial charge in [-0.15, -0.1) is 0 Å². The summed E-state index contributed by atoms with van der Waals surface area (Å²) in [5.41, 5.74) is 1.86. The van der Waals surface area contributed by atoms with Crippen LogP contribution in [0.25, 0.3) is 16.2 Å². The minimum absolute atomic E-state index is 0.131. The van der Waals surface area contributed by atoms with E-state index in [0.29, 0.717) is 47.6 Å². The number of hydrogen-bond donors (Lipinski definition) is 1. The Morgan fingerprint density at radius 1 is 1.15 bits per heavy atom. The van der Waals surface area contributed by atoms with E-state index in [4.69, 9.17) is 4.98 Å². The van der Waals surface area contributed by atoms with Gasteiger partial charge in [0, 0.05) is 48.5 Å². The van der Waals surface area contributed by atoms with Gasteiger partial charge in [0.2, 0.25) is 10.6 Å². The van der Waals surface area contributed by atoms with Crippen LogP contribution in [0.5, 0.6) is 0 Å². The molecule has 0 unspecified atom stereocenters. The van der Waals surface area contributed by atoms with Gasteiger partial charge in [0.05, 0.1) is 23.4 Å². The number of carbonyl (C=O) groups is 2. The molecule has 4 aromatic heterocycles. The first-order chi connectivity index (χ1) is 18.6. The largest absolute Gasteiger partial charge is 0.477 e. The molecule has 6 rings (SSSR count). The molecule has 0 radical (unpaired) electrons. The van der Waals surface area contributed by atoms with Crippen molar-refractivity contribution >= 4 is 40.1 Å². The summed E-state index contributed by atoms with van der Waals surface area (Å²) in [6.45, 7) is 8.93. The van der Waals surface area contributed by atoms with Gasteiger partial charge in [0.25, 0.3) is 0 Å². The zero-order valence-electron chi connectivity index (χ0n) is 22.2. The fraction of sp³-hybridized carbons (Fsp3) is 0.444. The van der Waals surface area contributed by atoms with Crippen molar-refractivity contribution in [3.05, 3.63) is 56.9 Å². The highest BCUT2D eigenvalue weighted by Crippen LogP contribution is 2.39. The number of anilines is 1. The van der Waals surface area contributed by atoms with Crippen LogP contribution in [0.1, 0.15) is 71.8 Å². The molecule has 0 bridgehead atoms. The molecule has 2 aliphatic rings. The van der Waals surface area contributed by atoms with Crippen LogP contribution in [-0.4, -0.2) is 58.6 Å². The molecule has 0 spiro atoms. The van der Waals surface area contributed by atoms with E-state index in [0.717, 1.165) is 41.6 Å². The number of Topliss-reactive ketones (excluding diaryl/α,β-unsaturated/α-hetero) is 1. The van der Waals surface area contributed by atoms with Crippen LogP contribution >= 0.6 is 11.5 Å². The van der Waals surface area contributed by atoms with Gasteiger partial charge in [0.15, 0.2) is 5.65 Å². The molecule has 12 heteroatoms. The molecule has 1 N–H and O–H groups in total. The molecule has 202 valence electrons. The highest BCUT2D eigenvalue weighted by atomic mass is 32.1. The minimum atomic E-state index is -1.30. The first-order valence-corrected chi connectivity index (χ1v) is 13.8. The lowest BCUT2D eigenvalue weighted by molar-refractivity contribution is -0.123. The predicted molar refractivity (Wildman–Crippen MR) is 146 cm³/mol. The van der Waals surface area contributed by atoms with Gasteiger partial charge in [-0.1, -0.05) is 0 Å². The number of aromatic carboxylic acids is 1. The maximum atomic E-state index is 13.1. The fourth-order valence-electron chi connectivity index (χ4n) is 5.12. The smallest absolute Gasteiger partial charge is 0.341 e. The number of aromatic nitrogens is 6. The number of hydrogen-bond acceptors (Lipinski definition) is 9. The highest BCUT2D eigenvalue weighted by Gasteiger charge is 2.34. The molecule has 1 saturated heterocycles. The second-order valence-electron chi connectivity index (χ2n) is 10.8. The Hall–Kier alpha value is -3.93. The van der Waals surface area contributed by atoms with E-state index in [1.165, 1.54) is 6.20 Å². The Morgan fingerprint density at radius 2 is 1.90 bits per heavy atom. The Kier molecular flexibility index (Phi) is 6.09. The van der Waals surface area contributed by atoms with E-state index < -0.39 is 11.4 Å². The van der Waals surface area contributed by atoms with Gasteiger partial charge in [-0.2, -0.15) is 9.47 Å². The van der Waals surface area contributed by atoms with Crippen molar-refractivity contribution in [2.45, 2.75) is 58.9 Å². The lowest BCUT2D eigenvalue weighted by Gasteiger charge is -2.39. The summed E-state index contributed by atoms with van der Waals surface area (Å²) in [7, 11) is 0. The number of fused-ring (bicyclic) bond motifs is 1. The average Bonchev–Trinajstić information content (AvgIpc) is 3.45. The summed E-state index contributed by atoms with van der Waals surface area (Å²) in [6, 6.07) is 3.98. The molecule has 0 aromatic carbocycles. The number of ketones is 1. The van der Waals surface area contributed by atoms with Crippen LogP contribution in [0.2, 0.25) is 0 Å². The number of carboxylic acids is 1. The van der Waals surface area contributed by atoms with E-state index in [2.05, 4.69) is 28.3 Å². The van der Waals surface area contributed by atoms with Crippen molar-refractivity contribution in [3.8, 4) is 5.13 Å². The quantitative estimate of drug-likeness (QED) is 0.352. The number of carboxylic acid groups (broad SMARTS) is 1. The first-order valence-electron chi connectivity index (χ1n) is 13.1. The fourth-order valence-corrected chi connectivity index (χ4v) is 5.85. The van der Waals surface area contributed by atoms with Gasteiger partial charge in [0.1, 0.15) is 23.0 Å². The molecule has 4 aromatic rings. The average molecular weight is 548 g/mol. The molecular formula is C27H29N7O4S. The summed E-state index contributed by atoms with van der Waals surface area (Å²) in [5, 5.41) is 15.0. The Labute approximate surface area is 228 Å². The Morgan fingerprint density at radius 3 is 2.54 bits per heavy atom. The molecule has 5 heterocycles. The highest BCUT2D eigenvalue weighted by molar-refractivity contribution is 7.08. The van der Waals surface area contributed by atoms with E-state index in [-0.39, 0.29) is 28.7 Å². The summed E-state index contributed by atoms with van der Waals surface area (Å²) in [4.78, 5) is 49.4.